The molecular weight excluding hydrogens is 208 g/mol. The zero-order chi connectivity index (χ0) is 12.2. The van der Waals surface area contributed by atoms with Crippen LogP contribution in [0.1, 0.15) is 39.5 Å². The maximum atomic E-state index is 10.9. The van der Waals surface area contributed by atoms with Crippen molar-refractivity contribution in [3.8, 4) is 0 Å². The molecule has 0 unspecified atom stereocenters. The number of hydrogen-bond donors (Lipinski definition) is 0. The normalized spacial score (nSPS) is 10.4. The zero-order valence-electron chi connectivity index (χ0n) is 10.0. The maximum Gasteiger partial charge on any atom is 0.306 e. The Hall–Kier alpha value is -1.32. The molecule has 0 aliphatic heterocycles. The lowest BCUT2D eigenvalue weighted by Gasteiger charge is -1.99. The van der Waals surface area contributed by atoms with E-state index in [0.717, 1.165) is 12.8 Å². The van der Waals surface area contributed by atoms with Crippen LogP contribution in [0.4, 0.5) is 0 Å². The Morgan fingerprint density at radius 3 is 2.44 bits per heavy atom. The number of ether oxygens (including phenoxy) is 2. The summed E-state index contributed by atoms with van der Waals surface area (Å²) in [5.41, 5.74) is 0. The van der Waals surface area contributed by atoms with Crippen LogP contribution in [0, 0.1) is 0 Å². The molecule has 0 heterocycles. The largest absolute Gasteiger partial charge is 0.466 e. The third-order valence-electron chi connectivity index (χ3n) is 1.81. The van der Waals surface area contributed by atoms with Crippen molar-refractivity contribution in [3.05, 3.63) is 12.2 Å². The van der Waals surface area contributed by atoms with Gasteiger partial charge in [0.1, 0.15) is 0 Å². The van der Waals surface area contributed by atoms with E-state index in [1.807, 2.05) is 12.2 Å². The molecule has 0 radical (unpaired) electrons. The van der Waals surface area contributed by atoms with Crippen LogP contribution in [0.25, 0.3) is 0 Å². The number of esters is 2. The van der Waals surface area contributed by atoms with Gasteiger partial charge in [-0.3, -0.25) is 9.59 Å². The molecule has 0 amide bonds. The first-order chi connectivity index (χ1) is 7.66. The van der Waals surface area contributed by atoms with Crippen LogP contribution in [0.15, 0.2) is 12.2 Å². The first kappa shape index (κ1) is 14.7. The Bertz CT molecular complexity index is 233. The van der Waals surface area contributed by atoms with Crippen LogP contribution >= 0.6 is 0 Å². The van der Waals surface area contributed by atoms with E-state index >= 15 is 0 Å². The van der Waals surface area contributed by atoms with Gasteiger partial charge in [-0.05, 0) is 26.2 Å². The average Bonchev–Trinajstić information content (AvgIpc) is 2.22. The van der Waals surface area contributed by atoms with E-state index in [0.29, 0.717) is 26.1 Å². The molecule has 92 valence electrons. The summed E-state index contributed by atoms with van der Waals surface area (Å²) in [4.78, 5) is 21.4. The summed E-state index contributed by atoms with van der Waals surface area (Å²) in [6, 6.07) is 0. The van der Waals surface area contributed by atoms with E-state index in [9.17, 15) is 9.59 Å². The fraction of sp³-hybridized carbons (Fsp3) is 0.667. The molecule has 0 rings (SSSR count). The van der Waals surface area contributed by atoms with Crippen LogP contribution in [0.3, 0.4) is 0 Å². The van der Waals surface area contributed by atoms with Crippen molar-refractivity contribution in [2.75, 3.05) is 13.2 Å². The summed E-state index contributed by atoms with van der Waals surface area (Å²) in [5, 5.41) is 0. The van der Waals surface area contributed by atoms with E-state index in [1.54, 1.807) is 6.92 Å². The smallest absolute Gasteiger partial charge is 0.306 e. The van der Waals surface area contributed by atoms with Gasteiger partial charge in [0.15, 0.2) is 0 Å². The van der Waals surface area contributed by atoms with Crippen molar-refractivity contribution in [1.29, 1.82) is 0 Å². The highest BCUT2D eigenvalue weighted by Crippen LogP contribution is 1.98. The van der Waals surface area contributed by atoms with Gasteiger partial charge in [0.05, 0.1) is 13.2 Å². The summed E-state index contributed by atoms with van der Waals surface area (Å²) in [6.45, 7) is 4.08. The summed E-state index contributed by atoms with van der Waals surface area (Å²) in [7, 11) is 0. The monoisotopic (exact) mass is 228 g/mol. The fourth-order valence-electron chi connectivity index (χ4n) is 1.09. The standard InChI is InChI=1S/C12H20O4/c1-3-15-12(14)9-7-5-4-6-8-10-16-11(2)13/h4-5H,3,6-10H2,1-2H3/b5-4-. The van der Waals surface area contributed by atoms with Gasteiger partial charge in [-0.1, -0.05) is 12.2 Å². The molecule has 16 heavy (non-hydrogen) atoms. The van der Waals surface area contributed by atoms with Crippen molar-refractivity contribution < 1.29 is 19.1 Å². The summed E-state index contributed by atoms with van der Waals surface area (Å²) in [6.07, 6.45) is 6.74. The first-order valence-electron chi connectivity index (χ1n) is 5.60. The zero-order valence-corrected chi connectivity index (χ0v) is 10.0. The van der Waals surface area contributed by atoms with E-state index in [-0.39, 0.29) is 11.9 Å². The van der Waals surface area contributed by atoms with Gasteiger partial charge < -0.3 is 9.47 Å². The Morgan fingerprint density at radius 1 is 1.12 bits per heavy atom. The number of carbonyl (C=O) groups is 2. The van der Waals surface area contributed by atoms with Crippen molar-refractivity contribution in [3.63, 3.8) is 0 Å². The molecule has 0 saturated carbocycles. The molecule has 0 N–H and O–H groups in total. The van der Waals surface area contributed by atoms with Crippen molar-refractivity contribution in [2.24, 2.45) is 0 Å². The second-order valence-corrected chi connectivity index (χ2v) is 3.30. The SMILES string of the molecule is CCOC(=O)CC/C=C\CCCOC(C)=O. The number of allylic oxidation sites excluding steroid dienone is 2. The van der Waals surface area contributed by atoms with Crippen LogP contribution in [-0.4, -0.2) is 25.2 Å². The predicted molar refractivity (Wildman–Crippen MR) is 60.9 cm³/mol. The predicted octanol–water partition coefficient (Wildman–Crippen LogP) is 2.23. The second kappa shape index (κ2) is 10.2. The summed E-state index contributed by atoms with van der Waals surface area (Å²) in [5.74, 6) is -0.404. The van der Waals surface area contributed by atoms with Gasteiger partial charge in [0.2, 0.25) is 0 Å². The van der Waals surface area contributed by atoms with Crippen LogP contribution in [0.2, 0.25) is 0 Å². The molecule has 0 bridgehead atoms. The topological polar surface area (TPSA) is 52.6 Å². The minimum atomic E-state index is -0.244. The molecule has 0 saturated heterocycles. The van der Waals surface area contributed by atoms with Crippen LogP contribution < -0.4 is 0 Å². The van der Waals surface area contributed by atoms with Gasteiger partial charge in [-0.25, -0.2) is 0 Å². The Balaban J connectivity index is 3.28. The lowest BCUT2D eigenvalue weighted by Crippen LogP contribution is -2.02. The van der Waals surface area contributed by atoms with Gasteiger partial charge in [0, 0.05) is 13.3 Å². The van der Waals surface area contributed by atoms with Gasteiger partial charge in [0.25, 0.3) is 0 Å². The van der Waals surface area contributed by atoms with Crippen LogP contribution in [0.5, 0.6) is 0 Å². The molecule has 0 aliphatic rings. The van der Waals surface area contributed by atoms with Crippen molar-refractivity contribution >= 4 is 11.9 Å². The highest BCUT2D eigenvalue weighted by Gasteiger charge is 1.97. The summed E-state index contributed by atoms with van der Waals surface area (Å²) < 4.78 is 9.55. The maximum absolute atomic E-state index is 10.9. The third kappa shape index (κ3) is 10.8. The molecule has 0 spiro atoms. The minimum Gasteiger partial charge on any atom is -0.466 e. The lowest BCUT2D eigenvalue weighted by molar-refractivity contribution is -0.143. The quantitative estimate of drug-likeness (QED) is 0.363. The minimum absolute atomic E-state index is 0.160. The van der Waals surface area contributed by atoms with Crippen LogP contribution in [-0.2, 0) is 19.1 Å². The Morgan fingerprint density at radius 2 is 1.81 bits per heavy atom. The third-order valence-corrected chi connectivity index (χ3v) is 1.81. The molecule has 4 nitrogen and oxygen atoms in total. The number of rotatable bonds is 8. The fourth-order valence-corrected chi connectivity index (χ4v) is 1.09. The van der Waals surface area contributed by atoms with E-state index in [1.165, 1.54) is 6.92 Å². The first-order valence-corrected chi connectivity index (χ1v) is 5.60. The highest BCUT2D eigenvalue weighted by molar-refractivity contribution is 5.69. The second-order valence-electron chi connectivity index (χ2n) is 3.30. The molecule has 0 aromatic carbocycles. The Labute approximate surface area is 96.6 Å². The molecule has 0 aromatic heterocycles. The number of carbonyl (C=O) groups excluding carboxylic acids is 2. The molecule has 0 atom stereocenters. The molecule has 0 aliphatic carbocycles. The molecular formula is C12H20O4. The van der Waals surface area contributed by atoms with Gasteiger partial charge >= 0.3 is 11.9 Å². The number of hydrogen-bond acceptors (Lipinski definition) is 4. The van der Waals surface area contributed by atoms with Gasteiger partial charge in [-0.15, -0.1) is 0 Å². The number of unbranched alkanes of at least 4 members (excludes halogenated alkanes) is 1. The van der Waals surface area contributed by atoms with Crippen molar-refractivity contribution in [1.82, 2.24) is 0 Å². The van der Waals surface area contributed by atoms with E-state index in [2.05, 4.69) is 0 Å². The van der Waals surface area contributed by atoms with Crippen molar-refractivity contribution in [2.45, 2.75) is 39.5 Å². The molecule has 0 fully saturated rings. The summed E-state index contributed by atoms with van der Waals surface area (Å²) >= 11 is 0. The molecule has 4 heteroatoms. The molecule has 0 aromatic rings. The Kier molecular flexibility index (Phi) is 9.36. The highest BCUT2D eigenvalue weighted by atomic mass is 16.5. The van der Waals surface area contributed by atoms with Gasteiger partial charge in [-0.2, -0.15) is 0 Å². The van der Waals surface area contributed by atoms with E-state index in [4.69, 9.17) is 9.47 Å². The lowest BCUT2D eigenvalue weighted by atomic mass is 10.2. The average molecular weight is 228 g/mol. The van der Waals surface area contributed by atoms with E-state index < -0.39 is 0 Å².